The quantitative estimate of drug-likeness (QED) is 0.844. The average molecular weight is 254 g/mol. The van der Waals surface area contributed by atoms with Crippen LogP contribution in [0.25, 0.3) is 0 Å². The smallest absolute Gasteiger partial charge is 0.193 e. The van der Waals surface area contributed by atoms with Crippen LogP contribution in [0.4, 0.5) is 0 Å². The molecule has 2 aromatic rings. The minimum Gasteiger partial charge on any atom is -0.508 e. The number of hydrogen-bond donors (Lipinski definition) is 1. The predicted octanol–water partition coefficient (Wildman–Crippen LogP) is 3.75. The number of benzene rings is 2. The van der Waals surface area contributed by atoms with Crippen molar-refractivity contribution >= 4 is 5.78 Å². The maximum absolute atomic E-state index is 12.4. The van der Waals surface area contributed by atoms with E-state index < -0.39 is 0 Å². The Balaban J connectivity index is 2.40. The molecule has 0 unspecified atom stereocenters. The van der Waals surface area contributed by atoms with Crippen LogP contribution in [0.5, 0.6) is 5.75 Å². The van der Waals surface area contributed by atoms with Crippen molar-refractivity contribution in [1.82, 2.24) is 0 Å². The maximum Gasteiger partial charge on any atom is 0.193 e. The van der Waals surface area contributed by atoms with Gasteiger partial charge in [-0.15, -0.1) is 0 Å². The van der Waals surface area contributed by atoms with Crippen LogP contribution < -0.4 is 0 Å². The molecule has 0 heterocycles. The molecule has 19 heavy (non-hydrogen) atoms. The number of phenols is 1. The van der Waals surface area contributed by atoms with Crippen LogP contribution in [0.15, 0.2) is 42.5 Å². The first-order chi connectivity index (χ1) is 9.13. The van der Waals surface area contributed by atoms with Gasteiger partial charge in [0, 0.05) is 11.1 Å². The van der Waals surface area contributed by atoms with E-state index in [2.05, 4.69) is 19.9 Å². The van der Waals surface area contributed by atoms with E-state index in [0.717, 1.165) is 18.4 Å². The third-order valence-corrected chi connectivity index (χ3v) is 3.26. The molecule has 0 amide bonds. The van der Waals surface area contributed by atoms with E-state index >= 15 is 0 Å². The van der Waals surface area contributed by atoms with Crippen LogP contribution >= 0.6 is 0 Å². The summed E-state index contributed by atoms with van der Waals surface area (Å²) in [4.78, 5) is 12.4. The molecule has 0 aliphatic carbocycles. The summed E-state index contributed by atoms with van der Waals surface area (Å²) < 4.78 is 0. The zero-order valence-corrected chi connectivity index (χ0v) is 11.3. The molecule has 0 aliphatic rings. The number of aromatic hydroxyl groups is 1. The second-order valence-corrected chi connectivity index (χ2v) is 4.62. The molecule has 0 bridgehead atoms. The molecule has 0 spiro atoms. The van der Waals surface area contributed by atoms with E-state index in [1.807, 2.05) is 12.1 Å². The Morgan fingerprint density at radius 3 is 1.89 bits per heavy atom. The number of aryl methyl sites for hydroxylation is 2. The molecular formula is C17H18O2. The van der Waals surface area contributed by atoms with Crippen molar-refractivity contribution < 1.29 is 9.90 Å². The Morgan fingerprint density at radius 1 is 0.895 bits per heavy atom. The van der Waals surface area contributed by atoms with E-state index in [4.69, 9.17) is 0 Å². The van der Waals surface area contributed by atoms with Crippen molar-refractivity contribution in [1.29, 1.82) is 0 Å². The summed E-state index contributed by atoms with van der Waals surface area (Å²) in [6.45, 7) is 4.17. The summed E-state index contributed by atoms with van der Waals surface area (Å²) in [5.41, 5.74) is 3.69. The Labute approximate surface area is 113 Å². The molecule has 2 nitrogen and oxygen atoms in total. The van der Waals surface area contributed by atoms with Crippen molar-refractivity contribution in [2.75, 3.05) is 0 Å². The summed E-state index contributed by atoms with van der Waals surface area (Å²) in [5, 5.41) is 9.26. The van der Waals surface area contributed by atoms with Crippen LogP contribution in [-0.2, 0) is 12.8 Å². The molecule has 98 valence electrons. The van der Waals surface area contributed by atoms with Crippen molar-refractivity contribution in [3.05, 3.63) is 64.7 Å². The van der Waals surface area contributed by atoms with Gasteiger partial charge in [0.05, 0.1) is 0 Å². The zero-order chi connectivity index (χ0) is 13.8. The fourth-order valence-corrected chi connectivity index (χ4v) is 2.08. The van der Waals surface area contributed by atoms with Crippen molar-refractivity contribution in [3.8, 4) is 5.75 Å². The monoisotopic (exact) mass is 254 g/mol. The molecule has 0 fully saturated rings. The largest absolute Gasteiger partial charge is 0.508 e. The van der Waals surface area contributed by atoms with Crippen LogP contribution in [0.2, 0.25) is 0 Å². The van der Waals surface area contributed by atoms with Gasteiger partial charge in [0.25, 0.3) is 0 Å². The van der Waals surface area contributed by atoms with Gasteiger partial charge in [0.15, 0.2) is 5.78 Å². The maximum atomic E-state index is 12.4. The molecule has 2 aromatic carbocycles. The number of rotatable bonds is 4. The molecule has 0 saturated carbocycles. The molecule has 0 saturated heterocycles. The van der Waals surface area contributed by atoms with E-state index in [1.54, 1.807) is 12.1 Å². The van der Waals surface area contributed by atoms with Crippen molar-refractivity contribution in [2.24, 2.45) is 0 Å². The lowest BCUT2D eigenvalue weighted by Gasteiger charge is -2.07. The normalized spacial score (nSPS) is 10.4. The summed E-state index contributed by atoms with van der Waals surface area (Å²) in [6.07, 6.45) is 1.84. The summed E-state index contributed by atoms with van der Waals surface area (Å²) >= 11 is 0. The molecule has 1 N–H and O–H groups in total. The van der Waals surface area contributed by atoms with Crippen LogP contribution in [0.1, 0.15) is 40.9 Å². The summed E-state index contributed by atoms with van der Waals surface area (Å²) in [5.74, 6) is 0.179. The van der Waals surface area contributed by atoms with Crippen LogP contribution in [-0.4, -0.2) is 10.9 Å². The fraction of sp³-hybridized carbons (Fsp3) is 0.235. The predicted molar refractivity (Wildman–Crippen MR) is 76.7 cm³/mol. The fourth-order valence-electron chi connectivity index (χ4n) is 2.08. The summed E-state index contributed by atoms with van der Waals surface area (Å²) in [6, 6.07) is 12.4. The summed E-state index contributed by atoms with van der Waals surface area (Å²) in [7, 11) is 0. The molecule has 0 radical (unpaired) electrons. The van der Waals surface area contributed by atoms with Crippen molar-refractivity contribution in [2.45, 2.75) is 26.7 Å². The standard InChI is InChI=1S/C17H18O2/c1-3-12-9-13(4-2)11-15(10-12)17(19)14-5-7-16(18)8-6-14/h5-11,18H,3-4H2,1-2H3. The number of ketones is 1. The van der Waals surface area contributed by atoms with Gasteiger partial charge in [0.2, 0.25) is 0 Å². The van der Waals surface area contributed by atoms with Crippen LogP contribution in [0.3, 0.4) is 0 Å². The molecule has 2 heteroatoms. The third kappa shape index (κ3) is 3.02. The van der Waals surface area contributed by atoms with E-state index in [-0.39, 0.29) is 11.5 Å². The number of phenolic OH excluding ortho intramolecular Hbond substituents is 1. The Kier molecular flexibility index (Phi) is 4.00. The lowest BCUT2D eigenvalue weighted by atomic mass is 9.97. The van der Waals surface area contributed by atoms with E-state index in [1.165, 1.54) is 23.3 Å². The van der Waals surface area contributed by atoms with E-state index in [0.29, 0.717) is 5.56 Å². The van der Waals surface area contributed by atoms with Gasteiger partial charge >= 0.3 is 0 Å². The lowest BCUT2D eigenvalue weighted by molar-refractivity contribution is 0.103. The Hall–Kier alpha value is -2.09. The zero-order valence-electron chi connectivity index (χ0n) is 11.3. The second kappa shape index (κ2) is 5.70. The van der Waals surface area contributed by atoms with Crippen LogP contribution in [0, 0.1) is 0 Å². The first kappa shape index (κ1) is 13.3. The molecule has 2 rings (SSSR count). The Bertz CT molecular complexity index is 560. The number of carbonyl (C=O) groups is 1. The van der Waals surface area contributed by atoms with Gasteiger partial charge in [0.1, 0.15) is 5.75 Å². The van der Waals surface area contributed by atoms with Crippen molar-refractivity contribution in [3.63, 3.8) is 0 Å². The SMILES string of the molecule is CCc1cc(CC)cc(C(=O)c2ccc(O)cc2)c1. The highest BCUT2D eigenvalue weighted by Gasteiger charge is 2.10. The molecule has 0 aromatic heterocycles. The highest BCUT2D eigenvalue weighted by Crippen LogP contribution is 2.17. The Morgan fingerprint density at radius 2 is 1.42 bits per heavy atom. The van der Waals surface area contributed by atoms with Gasteiger partial charge in [-0.1, -0.05) is 19.9 Å². The first-order valence-corrected chi connectivity index (χ1v) is 6.60. The van der Waals surface area contributed by atoms with Gasteiger partial charge in [-0.05, 0) is 60.4 Å². The lowest BCUT2D eigenvalue weighted by Crippen LogP contribution is -2.03. The van der Waals surface area contributed by atoms with Gasteiger partial charge < -0.3 is 5.11 Å². The second-order valence-electron chi connectivity index (χ2n) is 4.62. The van der Waals surface area contributed by atoms with Gasteiger partial charge in [-0.3, -0.25) is 4.79 Å². The molecular weight excluding hydrogens is 236 g/mol. The minimum atomic E-state index is 0.00463. The third-order valence-electron chi connectivity index (χ3n) is 3.26. The highest BCUT2D eigenvalue weighted by atomic mass is 16.3. The average Bonchev–Trinajstić information content (AvgIpc) is 2.46. The highest BCUT2D eigenvalue weighted by molar-refractivity contribution is 6.09. The first-order valence-electron chi connectivity index (χ1n) is 6.60. The topological polar surface area (TPSA) is 37.3 Å². The number of carbonyl (C=O) groups excluding carboxylic acids is 1. The van der Waals surface area contributed by atoms with E-state index in [9.17, 15) is 9.90 Å². The number of hydrogen-bond acceptors (Lipinski definition) is 2. The van der Waals surface area contributed by atoms with Gasteiger partial charge in [-0.2, -0.15) is 0 Å². The van der Waals surface area contributed by atoms with Gasteiger partial charge in [-0.25, -0.2) is 0 Å². The molecule has 0 aliphatic heterocycles. The molecule has 0 atom stereocenters. The minimum absolute atomic E-state index is 0.00463.